The van der Waals surface area contributed by atoms with Crippen LogP contribution in [0.15, 0.2) is 0 Å². The average Bonchev–Trinajstić information content (AvgIpc) is 1.65. The molecule has 9 heavy (non-hydrogen) atoms. The van der Waals surface area contributed by atoms with Gasteiger partial charge in [0.15, 0.2) is 0 Å². The molecule has 0 spiro atoms. The molecular weight excluding hydrogens is 138 g/mol. The van der Waals surface area contributed by atoms with Gasteiger partial charge in [-0.15, -0.1) is 0 Å². The summed E-state index contributed by atoms with van der Waals surface area (Å²) in [6, 6.07) is -4.03. The predicted molar refractivity (Wildman–Crippen MR) is 24.6 cm³/mol. The topological polar surface area (TPSA) is 12.0 Å². The summed E-state index contributed by atoms with van der Waals surface area (Å²) < 4.78 is 45.7. The first-order chi connectivity index (χ1) is 4.00. The predicted octanol–water partition coefficient (Wildman–Crippen LogP) is 1.45. The second kappa shape index (κ2) is 3.00. The van der Waals surface area contributed by atoms with Crippen LogP contribution in [0.4, 0.5) is 17.6 Å². The summed E-state index contributed by atoms with van der Waals surface area (Å²) in [6.07, 6.45) is -3.63. The Morgan fingerprint density at radius 3 is 2.00 bits per heavy atom. The van der Waals surface area contributed by atoms with Crippen LogP contribution >= 0.6 is 0 Å². The third-order valence-corrected chi connectivity index (χ3v) is 0.687. The lowest BCUT2D eigenvalue weighted by Gasteiger charge is -2.14. The number of hydrogen-bond donors (Lipinski definition) is 1. The highest BCUT2D eigenvalue weighted by atomic mass is 19.3. The molecule has 0 aromatic carbocycles. The molecule has 0 unspecified atom stereocenters. The van der Waals surface area contributed by atoms with E-state index >= 15 is 0 Å². The van der Waals surface area contributed by atoms with E-state index in [9.17, 15) is 17.6 Å². The Balaban J connectivity index is 3.70. The first kappa shape index (κ1) is 8.68. The average molecular weight is 145 g/mol. The standard InChI is InChI=1S/C4H7F4N/c1-2-9-4(7,8)3(5)6/h3,9H,2H2,1H3. The van der Waals surface area contributed by atoms with Crippen LogP contribution in [0.25, 0.3) is 0 Å². The third kappa shape index (κ3) is 2.64. The third-order valence-electron chi connectivity index (χ3n) is 0.687. The highest BCUT2D eigenvalue weighted by molar-refractivity contribution is 4.63. The molecule has 0 aliphatic heterocycles. The quantitative estimate of drug-likeness (QED) is 0.468. The second-order valence-corrected chi connectivity index (χ2v) is 1.45. The van der Waals surface area contributed by atoms with Gasteiger partial charge in [-0.3, -0.25) is 5.32 Å². The maximum absolute atomic E-state index is 11.7. The van der Waals surface area contributed by atoms with Gasteiger partial charge in [-0.2, -0.15) is 8.78 Å². The van der Waals surface area contributed by atoms with Gasteiger partial charge in [-0.1, -0.05) is 6.92 Å². The van der Waals surface area contributed by atoms with Crippen molar-refractivity contribution in [1.29, 1.82) is 0 Å². The molecule has 5 heteroatoms. The van der Waals surface area contributed by atoms with E-state index in [2.05, 4.69) is 0 Å². The van der Waals surface area contributed by atoms with Gasteiger partial charge in [0.2, 0.25) is 0 Å². The van der Waals surface area contributed by atoms with E-state index in [0.717, 1.165) is 0 Å². The molecule has 0 aromatic rings. The Morgan fingerprint density at radius 1 is 1.44 bits per heavy atom. The van der Waals surface area contributed by atoms with Crippen molar-refractivity contribution >= 4 is 0 Å². The summed E-state index contributed by atoms with van der Waals surface area (Å²) in [5.41, 5.74) is 0. The van der Waals surface area contributed by atoms with E-state index in [1.165, 1.54) is 12.2 Å². The Labute approximate surface area is 50.0 Å². The fourth-order valence-electron chi connectivity index (χ4n) is 0.313. The first-order valence-electron chi connectivity index (χ1n) is 2.41. The van der Waals surface area contributed by atoms with E-state index in [1.54, 1.807) is 0 Å². The lowest BCUT2D eigenvalue weighted by Crippen LogP contribution is -2.42. The van der Waals surface area contributed by atoms with Gasteiger partial charge in [0.05, 0.1) is 0 Å². The summed E-state index contributed by atoms with van der Waals surface area (Å²) in [5, 5.41) is 1.34. The molecule has 1 nitrogen and oxygen atoms in total. The molecule has 0 aliphatic rings. The molecule has 0 amide bonds. The van der Waals surface area contributed by atoms with Crippen LogP contribution in [0.2, 0.25) is 0 Å². The molecule has 0 bridgehead atoms. The molecule has 0 saturated carbocycles. The van der Waals surface area contributed by atoms with E-state index in [4.69, 9.17) is 0 Å². The molecule has 0 saturated heterocycles. The van der Waals surface area contributed by atoms with Crippen molar-refractivity contribution in [1.82, 2.24) is 5.32 Å². The summed E-state index contributed by atoms with van der Waals surface area (Å²) in [4.78, 5) is 0. The molecule has 0 radical (unpaired) electrons. The van der Waals surface area contributed by atoms with Crippen LogP contribution in [-0.4, -0.2) is 19.0 Å². The highest BCUT2D eigenvalue weighted by Crippen LogP contribution is 2.18. The maximum atomic E-state index is 11.7. The minimum atomic E-state index is -4.03. The second-order valence-electron chi connectivity index (χ2n) is 1.45. The van der Waals surface area contributed by atoms with Crippen molar-refractivity contribution in [3.8, 4) is 0 Å². The largest absolute Gasteiger partial charge is 0.362 e. The van der Waals surface area contributed by atoms with Gasteiger partial charge >= 0.3 is 12.5 Å². The number of hydrogen-bond acceptors (Lipinski definition) is 1. The molecule has 0 heterocycles. The summed E-state index contributed by atoms with van der Waals surface area (Å²) in [5.74, 6) is 0. The lowest BCUT2D eigenvalue weighted by atomic mass is 10.5. The van der Waals surface area contributed by atoms with Gasteiger partial charge in [0.25, 0.3) is 0 Å². The Bertz CT molecular complexity index is 82.6. The van der Waals surface area contributed by atoms with Crippen LogP contribution < -0.4 is 5.32 Å². The zero-order chi connectivity index (χ0) is 7.49. The zero-order valence-electron chi connectivity index (χ0n) is 4.80. The number of rotatable bonds is 3. The summed E-state index contributed by atoms with van der Waals surface area (Å²) in [6.45, 7) is 1.16. The van der Waals surface area contributed by atoms with Crippen molar-refractivity contribution < 1.29 is 17.6 Å². The molecule has 0 rings (SSSR count). The monoisotopic (exact) mass is 145 g/mol. The molecule has 0 aliphatic carbocycles. The molecule has 1 N–H and O–H groups in total. The normalized spacial score (nSPS) is 12.7. The van der Waals surface area contributed by atoms with Gasteiger partial charge < -0.3 is 0 Å². The van der Waals surface area contributed by atoms with Crippen molar-refractivity contribution in [3.63, 3.8) is 0 Å². The van der Waals surface area contributed by atoms with Crippen LogP contribution in [0.5, 0.6) is 0 Å². The number of halogens is 4. The minimum absolute atomic E-state index is 0.169. The first-order valence-corrected chi connectivity index (χ1v) is 2.41. The van der Waals surface area contributed by atoms with Gasteiger partial charge in [0.1, 0.15) is 0 Å². The molecule has 56 valence electrons. The number of alkyl halides is 4. The summed E-state index contributed by atoms with van der Waals surface area (Å²) >= 11 is 0. The number of nitrogens with one attached hydrogen (secondary N) is 1. The Morgan fingerprint density at radius 2 is 1.89 bits per heavy atom. The smallest absolute Gasteiger partial charge is 0.254 e. The van der Waals surface area contributed by atoms with E-state index < -0.39 is 12.5 Å². The van der Waals surface area contributed by atoms with Crippen molar-refractivity contribution in [3.05, 3.63) is 0 Å². The van der Waals surface area contributed by atoms with Crippen molar-refractivity contribution in [2.45, 2.75) is 19.4 Å². The van der Waals surface area contributed by atoms with E-state index in [0.29, 0.717) is 0 Å². The van der Waals surface area contributed by atoms with Crippen LogP contribution in [-0.2, 0) is 0 Å². The SMILES string of the molecule is CCNC(F)(F)C(F)F. The minimum Gasteiger partial charge on any atom is -0.254 e. The zero-order valence-corrected chi connectivity index (χ0v) is 4.80. The van der Waals surface area contributed by atoms with E-state index in [1.807, 2.05) is 0 Å². The fraction of sp³-hybridized carbons (Fsp3) is 1.00. The van der Waals surface area contributed by atoms with Gasteiger partial charge in [-0.25, -0.2) is 8.78 Å². The molecule has 0 fully saturated rings. The van der Waals surface area contributed by atoms with Crippen molar-refractivity contribution in [2.75, 3.05) is 6.54 Å². The van der Waals surface area contributed by atoms with Crippen LogP contribution in [0.3, 0.4) is 0 Å². The molecule has 0 aromatic heterocycles. The summed E-state index contributed by atoms with van der Waals surface area (Å²) in [7, 11) is 0. The van der Waals surface area contributed by atoms with Gasteiger partial charge in [-0.05, 0) is 6.54 Å². The van der Waals surface area contributed by atoms with E-state index in [-0.39, 0.29) is 6.54 Å². The Hall–Kier alpha value is -0.320. The molecular formula is C4H7F4N. The van der Waals surface area contributed by atoms with Gasteiger partial charge in [0, 0.05) is 0 Å². The Kier molecular flexibility index (Phi) is 2.90. The molecule has 0 atom stereocenters. The van der Waals surface area contributed by atoms with Crippen LogP contribution in [0.1, 0.15) is 6.92 Å². The lowest BCUT2D eigenvalue weighted by molar-refractivity contribution is -0.149. The highest BCUT2D eigenvalue weighted by Gasteiger charge is 2.39. The maximum Gasteiger partial charge on any atom is 0.362 e. The van der Waals surface area contributed by atoms with Crippen LogP contribution in [0, 0.1) is 0 Å². The fourth-order valence-corrected chi connectivity index (χ4v) is 0.313. The van der Waals surface area contributed by atoms with Crippen molar-refractivity contribution in [2.24, 2.45) is 0 Å².